The van der Waals surface area contributed by atoms with Gasteiger partial charge >= 0.3 is 0 Å². The zero-order valence-corrected chi connectivity index (χ0v) is 35.1. The highest BCUT2D eigenvalue weighted by Crippen LogP contribution is 2.42. The number of carbonyl (C=O) groups excluding carboxylic acids is 6. The zero-order chi connectivity index (χ0) is 42.4. The molecule has 0 radical (unpaired) electrons. The highest BCUT2D eigenvalue weighted by atomic mass is 16.2. The van der Waals surface area contributed by atoms with Gasteiger partial charge in [-0.25, -0.2) is 0 Å². The van der Waals surface area contributed by atoms with Crippen LogP contribution in [0.3, 0.4) is 0 Å². The lowest BCUT2D eigenvalue weighted by Gasteiger charge is -2.19. The Morgan fingerprint density at radius 1 is 0.617 bits per heavy atom. The summed E-state index contributed by atoms with van der Waals surface area (Å²) in [5, 5.41) is 14.8. The van der Waals surface area contributed by atoms with E-state index < -0.39 is 23.8 Å². The Kier molecular flexibility index (Phi) is 15.9. The van der Waals surface area contributed by atoms with E-state index in [2.05, 4.69) is 64.7 Å². The molecule has 60 heavy (non-hydrogen) atoms. The quantitative estimate of drug-likeness (QED) is 0.0829. The Morgan fingerprint density at radius 3 is 1.67 bits per heavy atom. The summed E-state index contributed by atoms with van der Waals surface area (Å²) >= 11 is 0. The lowest BCUT2D eigenvalue weighted by atomic mass is 9.94. The van der Waals surface area contributed by atoms with Gasteiger partial charge in [0.2, 0.25) is 23.6 Å². The van der Waals surface area contributed by atoms with Gasteiger partial charge in [-0.3, -0.25) is 28.8 Å². The minimum atomic E-state index is -0.932. The van der Waals surface area contributed by atoms with Crippen molar-refractivity contribution in [3.8, 4) is 0 Å². The van der Waals surface area contributed by atoms with Crippen molar-refractivity contribution in [1.29, 1.82) is 0 Å². The van der Waals surface area contributed by atoms with Crippen LogP contribution in [0.15, 0.2) is 84.9 Å². The molecule has 3 fully saturated rings. The number of nitrogens with one attached hydrogen (secondary N) is 5. The fourth-order valence-corrected chi connectivity index (χ4v) is 8.25. The zero-order valence-electron chi connectivity index (χ0n) is 35.1. The fraction of sp³-hybridized carbons (Fsp3) is 0.500. The van der Waals surface area contributed by atoms with Crippen molar-refractivity contribution in [3.63, 3.8) is 0 Å². The molecular formula is C48H62N6O6. The fourth-order valence-electron chi connectivity index (χ4n) is 8.25. The second kappa shape index (κ2) is 21.7. The molecule has 1 aliphatic heterocycles. The molecule has 6 rings (SSSR count). The predicted molar refractivity (Wildman–Crippen MR) is 231 cm³/mol. The molecule has 2 aliphatic carbocycles. The maximum Gasteiger partial charge on any atom is 0.253 e. The number of nitrogens with zero attached hydrogens (tertiary/aromatic N) is 1. The van der Waals surface area contributed by atoms with E-state index >= 15 is 0 Å². The van der Waals surface area contributed by atoms with Crippen LogP contribution in [0.5, 0.6) is 0 Å². The Balaban J connectivity index is 1.06. The second-order valence-electron chi connectivity index (χ2n) is 16.7. The molecule has 1 saturated heterocycles. The van der Waals surface area contributed by atoms with Crippen molar-refractivity contribution in [2.75, 3.05) is 26.2 Å². The predicted octanol–water partition coefficient (Wildman–Crippen LogP) is 5.60. The largest absolute Gasteiger partial charge is 0.354 e. The van der Waals surface area contributed by atoms with Gasteiger partial charge in [0, 0.05) is 67.6 Å². The summed E-state index contributed by atoms with van der Waals surface area (Å²) in [5.74, 6) is -2.83. The molecule has 12 nitrogen and oxygen atoms in total. The average Bonchev–Trinajstić information content (AvgIpc) is 4.18. The van der Waals surface area contributed by atoms with Crippen LogP contribution >= 0.6 is 0 Å². The monoisotopic (exact) mass is 818 g/mol. The Bertz CT molecular complexity index is 1850. The van der Waals surface area contributed by atoms with E-state index in [0.29, 0.717) is 18.5 Å². The van der Waals surface area contributed by atoms with Crippen molar-refractivity contribution in [1.82, 2.24) is 31.5 Å². The number of likely N-dealkylation sites (tertiary alicyclic amines) is 1. The number of carbonyl (C=O) groups is 6. The summed E-state index contributed by atoms with van der Waals surface area (Å²) in [7, 11) is 0. The van der Waals surface area contributed by atoms with Crippen molar-refractivity contribution in [2.45, 2.75) is 114 Å². The van der Waals surface area contributed by atoms with Gasteiger partial charge in [-0.15, -0.1) is 0 Å². The number of rotatable bonds is 22. The molecule has 5 N–H and O–H groups in total. The Morgan fingerprint density at radius 2 is 1.13 bits per heavy atom. The lowest BCUT2D eigenvalue weighted by Crippen LogP contribution is -2.52. The summed E-state index contributed by atoms with van der Waals surface area (Å²) < 4.78 is 0. The van der Waals surface area contributed by atoms with Gasteiger partial charge in [0.15, 0.2) is 0 Å². The summed E-state index contributed by atoms with van der Waals surface area (Å²) in [4.78, 5) is 82.3. The highest BCUT2D eigenvalue weighted by molar-refractivity contribution is 5.99. The van der Waals surface area contributed by atoms with Crippen molar-refractivity contribution < 1.29 is 28.8 Å². The van der Waals surface area contributed by atoms with Gasteiger partial charge < -0.3 is 31.5 Å². The smallest absolute Gasteiger partial charge is 0.253 e. The number of hydrogen-bond acceptors (Lipinski definition) is 6. The Labute approximate surface area is 354 Å². The van der Waals surface area contributed by atoms with Crippen molar-refractivity contribution in [2.24, 2.45) is 11.8 Å². The third-order valence-electron chi connectivity index (χ3n) is 12.1. The van der Waals surface area contributed by atoms with Crippen molar-refractivity contribution in [3.05, 3.63) is 107 Å². The molecule has 3 aromatic carbocycles. The van der Waals surface area contributed by atoms with E-state index in [-0.39, 0.29) is 78.7 Å². The Hall–Kier alpha value is -5.52. The summed E-state index contributed by atoms with van der Waals surface area (Å²) in [6, 6.07) is 25.3. The normalized spacial score (nSPS) is 21.9. The topological polar surface area (TPSA) is 166 Å². The number of amides is 6. The first-order valence-electron chi connectivity index (χ1n) is 22.1. The first-order chi connectivity index (χ1) is 29.2. The molecule has 1 heterocycles. The molecular weight excluding hydrogens is 757 g/mol. The third kappa shape index (κ3) is 12.3. The van der Waals surface area contributed by atoms with E-state index in [4.69, 9.17) is 0 Å². The maximum absolute atomic E-state index is 13.9. The van der Waals surface area contributed by atoms with Gasteiger partial charge in [0.25, 0.3) is 11.8 Å². The molecule has 320 valence electrons. The lowest BCUT2D eigenvalue weighted by molar-refractivity contribution is -0.133. The van der Waals surface area contributed by atoms with Crippen LogP contribution in [0.2, 0.25) is 0 Å². The van der Waals surface area contributed by atoms with Gasteiger partial charge in [0.05, 0.1) is 11.8 Å². The molecule has 0 unspecified atom stereocenters. The number of unbranched alkanes of at least 4 members (excludes halogenated alkanes) is 6. The van der Waals surface area contributed by atoms with Crippen LogP contribution in [0.4, 0.5) is 0 Å². The van der Waals surface area contributed by atoms with Gasteiger partial charge in [-0.1, -0.05) is 113 Å². The van der Waals surface area contributed by atoms with Gasteiger partial charge in [0.1, 0.15) is 6.04 Å². The van der Waals surface area contributed by atoms with E-state index in [0.717, 1.165) is 75.3 Å². The van der Waals surface area contributed by atoms with E-state index in [1.165, 1.54) is 12.1 Å². The van der Waals surface area contributed by atoms with Crippen LogP contribution < -0.4 is 26.6 Å². The minimum Gasteiger partial charge on any atom is -0.354 e. The van der Waals surface area contributed by atoms with E-state index in [9.17, 15) is 28.8 Å². The molecule has 0 bridgehead atoms. The number of benzene rings is 3. The molecule has 0 spiro atoms. The summed E-state index contributed by atoms with van der Waals surface area (Å²) in [6.45, 7) is 4.79. The standard InChI is InChI=1S/C48H62N6O6/c1-3-5-7-15-21-43(55)51-42(47(59)49-26-16-8-6-4-2)29-50-44(56)34-22-24-35(25-23-34)48(60)54-30-38(45(57)52-40-27-36(40)32-17-11-9-12-18-32)39(31-54)46(58)53-41-28-37(41)33-19-13-10-14-20-33/h9-14,17-20,22-25,36-42H,3-8,15-16,21,26-31H2,1-2H3,(H,49,59)(H,50,56)(H,51,55)(H,52,57)(H,53,58)/t36-,37-,38-,39-,40+,41+,42+/m1/s1. The first kappa shape index (κ1) is 44.0. The van der Waals surface area contributed by atoms with Crippen LogP contribution in [-0.4, -0.2) is 84.6 Å². The molecule has 12 heteroatoms. The highest BCUT2D eigenvalue weighted by Gasteiger charge is 2.49. The molecule has 3 aliphatic rings. The van der Waals surface area contributed by atoms with Crippen LogP contribution in [0.1, 0.15) is 128 Å². The molecule has 7 atom stereocenters. The van der Waals surface area contributed by atoms with Crippen molar-refractivity contribution >= 4 is 35.4 Å². The molecule has 0 aromatic heterocycles. The molecule has 6 amide bonds. The third-order valence-corrected chi connectivity index (χ3v) is 12.1. The summed E-state index contributed by atoms with van der Waals surface area (Å²) in [6.07, 6.45) is 9.69. The van der Waals surface area contributed by atoms with Crippen LogP contribution in [0, 0.1) is 11.8 Å². The molecule has 2 saturated carbocycles. The van der Waals surface area contributed by atoms with Gasteiger partial charge in [-0.05, 0) is 61.1 Å². The van der Waals surface area contributed by atoms with E-state index in [1.807, 2.05) is 36.4 Å². The second-order valence-corrected chi connectivity index (χ2v) is 16.7. The van der Waals surface area contributed by atoms with E-state index in [1.54, 1.807) is 17.0 Å². The first-order valence-corrected chi connectivity index (χ1v) is 22.1. The average molecular weight is 819 g/mol. The van der Waals surface area contributed by atoms with Crippen LogP contribution in [0.25, 0.3) is 0 Å². The van der Waals surface area contributed by atoms with Crippen LogP contribution in [-0.2, 0) is 19.2 Å². The SMILES string of the molecule is CCCCCCNC(=O)[C@H](CNC(=O)c1ccc(C(=O)N2C[C@@H](C(=O)N[C@H]3C[C@@H]3c3ccccc3)[C@H](C(=O)N[C@H]3C[C@@H]3c3ccccc3)C2)cc1)NC(=O)CCCCCC. The summed E-state index contributed by atoms with van der Waals surface area (Å²) in [5.41, 5.74) is 2.93. The minimum absolute atomic E-state index is 0.0232. The maximum atomic E-state index is 13.9. The van der Waals surface area contributed by atoms with Gasteiger partial charge in [-0.2, -0.15) is 0 Å². The molecule has 3 aromatic rings. The number of hydrogen-bond donors (Lipinski definition) is 5.